The normalized spacial score (nSPS) is 12.4. The number of halogens is 2. The van der Waals surface area contributed by atoms with Gasteiger partial charge >= 0.3 is 0 Å². The smallest absolute Gasteiger partial charge is 0.141 e. The summed E-state index contributed by atoms with van der Waals surface area (Å²) in [5, 5.41) is 0.133. The molecule has 0 radical (unpaired) electrons. The fourth-order valence-corrected chi connectivity index (χ4v) is 2.27. The van der Waals surface area contributed by atoms with Gasteiger partial charge in [0.15, 0.2) is 0 Å². The maximum atomic E-state index is 13.1. The molecule has 0 spiro atoms. The molecule has 0 saturated heterocycles. The van der Waals surface area contributed by atoms with Gasteiger partial charge in [-0.25, -0.2) is 4.39 Å². The molecule has 0 aliphatic carbocycles. The SMILES string of the molecule is COC[C@H](N)Cc1ccc(-c2ccc(F)c(Cl)c2)cc1. The fraction of sp³-hybridized carbons (Fsp3) is 0.250. The molecule has 20 heavy (non-hydrogen) atoms. The Bertz CT molecular complexity index is 571. The molecule has 0 heterocycles. The van der Waals surface area contributed by atoms with Crippen LogP contribution >= 0.6 is 11.6 Å². The van der Waals surface area contributed by atoms with Crippen molar-refractivity contribution in [2.75, 3.05) is 13.7 Å². The summed E-state index contributed by atoms with van der Waals surface area (Å²) in [5.41, 5.74) is 8.95. The number of hydrogen-bond donors (Lipinski definition) is 1. The third-order valence-electron chi connectivity index (χ3n) is 3.09. The summed E-state index contributed by atoms with van der Waals surface area (Å²) in [6.45, 7) is 0.537. The van der Waals surface area contributed by atoms with Gasteiger partial charge in [-0.1, -0.05) is 41.9 Å². The summed E-state index contributed by atoms with van der Waals surface area (Å²) in [6.07, 6.45) is 0.762. The topological polar surface area (TPSA) is 35.2 Å². The van der Waals surface area contributed by atoms with Gasteiger partial charge in [-0.3, -0.25) is 0 Å². The van der Waals surface area contributed by atoms with E-state index in [1.807, 2.05) is 24.3 Å². The van der Waals surface area contributed by atoms with Gasteiger partial charge in [0.05, 0.1) is 11.6 Å². The molecule has 4 heteroatoms. The van der Waals surface area contributed by atoms with Crippen LogP contribution in [0.15, 0.2) is 42.5 Å². The van der Waals surface area contributed by atoms with E-state index in [1.165, 1.54) is 6.07 Å². The number of nitrogens with two attached hydrogens (primary N) is 1. The van der Waals surface area contributed by atoms with Crippen LogP contribution in [0.1, 0.15) is 5.56 Å². The molecule has 0 aliphatic rings. The highest BCUT2D eigenvalue weighted by atomic mass is 35.5. The molecule has 0 bridgehead atoms. The van der Waals surface area contributed by atoms with Crippen molar-refractivity contribution >= 4 is 11.6 Å². The lowest BCUT2D eigenvalue weighted by molar-refractivity contribution is 0.180. The molecule has 2 aromatic rings. The largest absolute Gasteiger partial charge is 0.383 e. The fourth-order valence-electron chi connectivity index (χ4n) is 2.08. The quantitative estimate of drug-likeness (QED) is 0.913. The van der Waals surface area contributed by atoms with E-state index in [2.05, 4.69) is 0 Å². The van der Waals surface area contributed by atoms with Gasteiger partial charge in [0.25, 0.3) is 0 Å². The highest BCUT2D eigenvalue weighted by molar-refractivity contribution is 6.31. The minimum Gasteiger partial charge on any atom is -0.383 e. The minimum atomic E-state index is -0.405. The lowest BCUT2D eigenvalue weighted by Crippen LogP contribution is -2.27. The molecular weight excluding hydrogens is 277 g/mol. The van der Waals surface area contributed by atoms with Crippen molar-refractivity contribution in [2.24, 2.45) is 5.73 Å². The van der Waals surface area contributed by atoms with Crippen LogP contribution in [0.4, 0.5) is 4.39 Å². The summed E-state index contributed by atoms with van der Waals surface area (Å²) < 4.78 is 18.2. The van der Waals surface area contributed by atoms with Crippen molar-refractivity contribution in [1.82, 2.24) is 0 Å². The zero-order valence-electron chi connectivity index (χ0n) is 11.3. The van der Waals surface area contributed by atoms with Crippen molar-refractivity contribution in [3.8, 4) is 11.1 Å². The minimum absolute atomic E-state index is 0.00823. The Morgan fingerprint density at radius 1 is 1.15 bits per heavy atom. The molecule has 0 amide bonds. The standard InChI is InChI=1S/C16H17ClFNO/c1-20-10-14(19)8-11-2-4-12(5-3-11)13-6-7-16(18)15(17)9-13/h2-7,9,14H,8,10,19H2,1H3/t14-/m1/s1. The van der Waals surface area contributed by atoms with E-state index >= 15 is 0 Å². The lowest BCUT2D eigenvalue weighted by atomic mass is 10.0. The Balaban J connectivity index is 2.13. The number of hydrogen-bond acceptors (Lipinski definition) is 2. The molecule has 0 saturated carbocycles. The van der Waals surface area contributed by atoms with Crippen molar-refractivity contribution in [3.63, 3.8) is 0 Å². The van der Waals surface area contributed by atoms with Crippen LogP contribution in [-0.4, -0.2) is 19.8 Å². The molecule has 2 aromatic carbocycles. The van der Waals surface area contributed by atoms with Gasteiger partial charge in [0.1, 0.15) is 5.82 Å². The molecule has 0 aliphatic heterocycles. The predicted molar refractivity (Wildman–Crippen MR) is 80.4 cm³/mol. The van der Waals surface area contributed by atoms with E-state index in [0.29, 0.717) is 6.61 Å². The van der Waals surface area contributed by atoms with Crippen LogP contribution in [0.3, 0.4) is 0 Å². The van der Waals surface area contributed by atoms with Gasteiger partial charge in [0.2, 0.25) is 0 Å². The maximum absolute atomic E-state index is 13.1. The van der Waals surface area contributed by atoms with Crippen molar-refractivity contribution < 1.29 is 9.13 Å². The van der Waals surface area contributed by atoms with Gasteiger partial charge in [-0.05, 0) is 35.2 Å². The third-order valence-corrected chi connectivity index (χ3v) is 3.38. The van der Waals surface area contributed by atoms with E-state index in [1.54, 1.807) is 19.2 Å². The van der Waals surface area contributed by atoms with Crippen molar-refractivity contribution in [1.29, 1.82) is 0 Å². The Labute approximate surface area is 123 Å². The summed E-state index contributed by atoms with van der Waals surface area (Å²) in [6, 6.07) is 12.7. The first-order chi connectivity index (χ1) is 9.60. The first-order valence-electron chi connectivity index (χ1n) is 6.39. The Kier molecular flexibility index (Phi) is 5.12. The Hall–Kier alpha value is -1.42. The molecule has 1 atom stereocenters. The summed E-state index contributed by atoms with van der Waals surface area (Å²) in [7, 11) is 1.64. The van der Waals surface area contributed by atoms with Gasteiger partial charge in [0, 0.05) is 13.2 Å². The average molecular weight is 294 g/mol. The lowest BCUT2D eigenvalue weighted by Gasteiger charge is -2.11. The van der Waals surface area contributed by atoms with E-state index in [4.69, 9.17) is 22.1 Å². The summed E-state index contributed by atoms with van der Waals surface area (Å²) in [4.78, 5) is 0. The first kappa shape index (κ1) is 15.0. The summed E-state index contributed by atoms with van der Waals surface area (Å²) >= 11 is 5.79. The predicted octanol–water partition coefficient (Wildman–Crippen LogP) is 3.66. The zero-order valence-corrected chi connectivity index (χ0v) is 12.0. The van der Waals surface area contributed by atoms with Gasteiger partial charge in [-0.15, -0.1) is 0 Å². The zero-order chi connectivity index (χ0) is 14.5. The van der Waals surface area contributed by atoms with E-state index in [-0.39, 0.29) is 11.1 Å². The van der Waals surface area contributed by atoms with Gasteiger partial charge in [-0.2, -0.15) is 0 Å². The first-order valence-corrected chi connectivity index (χ1v) is 6.77. The number of rotatable bonds is 5. The second-order valence-corrected chi connectivity index (χ2v) is 5.15. The third kappa shape index (κ3) is 3.79. The number of ether oxygens (including phenoxy) is 1. The Morgan fingerprint density at radius 2 is 1.80 bits per heavy atom. The van der Waals surface area contributed by atoms with Crippen LogP contribution in [0.5, 0.6) is 0 Å². The molecule has 2 nitrogen and oxygen atoms in total. The highest BCUT2D eigenvalue weighted by Gasteiger charge is 2.06. The molecule has 0 fully saturated rings. The number of methoxy groups -OCH3 is 1. The number of benzene rings is 2. The highest BCUT2D eigenvalue weighted by Crippen LogP contribution is 2.25. The molecule has 2 rings (SSSR count). The maximum Gasteiger partial charge on any atom is 0.141 e. The second kappa shape index (κ2) is 6.84. The monoisotopic (exact) mass is 293 g/mol. The van der Waals surface area contributed by atoms with Crippen molar-refractivity contribution in [3.05, 3.63) is 58.9 Å². The van der Waals surface area contributed by atoms with Gasteiger partial charge < -0.3 is 10.5 Å². The molecule has 2 N–H and O–H groups in total. The van der Waals surface area contributed by atoms with E-state index in [0.717, 1.165) is 23.1 Å². The Morgan fingerprint density at radius 3 is 2.40 bits per heavy atom. The molecule has 0 aromatic heterocycles. The van der Waals surface area contributed by atoms with Crippen molar-refractivity contribution in [2.45, 2.75) is 12.5 Å². The van der Waals surface area contributed by atoms with Crippen LogP contribution < -0.4 is 5.73 Å². The average Bonchev–Trinajstić information content (AvgIpc) is 2.43. The van der Waals surface area contributed by atoms with Crippen LogP contribution in [0, 0.1) is 5.82 Å². The summed E-state index contributed by atoms with van der Waals surface area (Å²) in [5.74, 6) is -0.405. The molecule has 0 unspecified atom stereocenters. The second-order valence-electron chi connectivity index (χ2n) is 4.75. The van der Waals surface area contributed by atoms with Crippen LogP contribution in [0.2, 0.25) is 5.02 Å². The van der Waals surface area contributed by atoms with E-state index < -0.39 is 5.82 Å². The molecular formula is C16H17ClFNO. The van der Waals surface area contributed by atoms with Crippen LogP contribution in [0.25, 0.3) is 11.1 Å². The molecule has 106 valence electrons. The van der Waals surface area contributed by atoms with Crippen LogP contribution in [-0.2, 0) is 11.2 Å². The van der Waals surface area contributed by atoms with E-state index in [9.17, 15) is 4.39 Å².